The number of ether oxygens (including phenoxy) is 3. The summed E-state index contributed by atoms with van der Waals surface area (Å²) in [5.74, 6) is 2.02. The van der Waals surface area contributed by atoms with E-state index in [0.29, 0.717) is 18.2 Å². The van der Waals surface area contributed by atoms with Crippen molar-refractivity contribution in [1.82, 2.24) is 4.98 Å². The van der Waals surface area contributed by atoms with Crippen LogP contribution in [0, 0.1) is 0 Å². The first kappa shape index (κ1) is 14.2. The van der Waals surface area contributed by atoms with E-state index < -0.39 is 0 Å². The molecule has 22 heavy (non-hydrogen) atoms. The van der Waals surface area contributed by atoms with Crippen LogP contribution >= 0.6 is 0 Å². The SMILES string of the molecule is COc1cc(OC)c2ccnc(OCc3ccccc3)c2c1. The maximum Gasteiger partial charge on any atom is 0.221 e. The minimum Gasteiger partial charge on any atom is -0.497 e. The van der Waals surface area contributed by atoms with Gasteiger partial charge < -0.3 is 14.2 Å². The summed E-state index contributed by atoms with van der Waals surface area (Å²) in [6, 6.07) is 15.7. The van der Waals surface area contributed by atoms with Gasteiger partial charge in [-0.05, 0) is 17.7 Å². The highest BCUT2D eigenvalue weighted by atomic mass is 16.5. The lowest BCUT2D eigenvalue weighted by Gasteiger charge is -2.12. The lowest BCUT2D eigenvalue weighted by atomic mass is 10.1. The summed E-state index contributed by atoms with van der Waals surface area (Å²) in [6.07, 6.45) is 1.72. The van der Waals surface area contributed by atoms with Crippen LogP contribution in [0.4, 0.5) is 0 Å². The van der Waals surface area contributed by atoms with Crippen molar-refractivity contribution >= 4 is 10.8 Å². The number of aromatic nitrogens is 1. The third-order valence-corrected chi connectivity index (χ3v) is 3.45. The Morgan fingerprint density at radius 2 is 1.73 bits per heavy atom. The van der Waals surface area contributed by atoms with Gasteiger partial charge in [-0.25, -0.2) is 4.98 Å². The summed E-state index contributed by atoms with van der Waals surface area (Å²) in [5.41, 5.74) is 1.09. The Kier molecular flexibility index (Phi) is 4.10. The van der Waals surface area contributed by atoms with E-state index in [9.17, 15) is 0 Å². The molecule has 112 valence electrons. The summed E-state index contributed by atoms with van der Waals surface area (Å²) in [4.78, 5) is 4.34. The summed E-state index contributed by atoms with van der Waals surface area (Å²) >= 11 is 0. The normalized spacial score (nSPS) is 10.5. The predicted octanol–water partition coefficient (Wildman–Crippen LogP) is 3.83. The van der Waals surface area contributed by atoms with Gasteiger partial charge in [0.25, 0.3) is 0 Å². The molecule has 3 aromatic rings. The third-order valence-electron chi connectivity index (χ3n) is 3.45. The summed E-state index contributed by atoms with van der Waals surface area (Å²) in [6.45, 7) is 0.465. The Hall–Kier alpha value is -2.75. The van der Waals surface area contributed by atoms with Crippen LogP contribution < -0.4 is 14.2 Å². The lowest BCUT2D eigenvalue weighted by Crippen LogP contribution is -1.98. The second-order valence-electron chi connectivity index (χ2n) is 4.82. The van der Waals surface area contributed by atoms with Gasteiger partial charge in [0.05, 0.1) is 19.6 Å². The molecule has 0 unspecified atom stereocenters. The molecule has 3 rings (SSSR count). The monoisotopic (exact) mass is 295 g/mol. The number of hydrogen-bond acceptors (Lipinski definition) is 4. The highest BCUT2D eigenvalue weighted by molar-refractivity contribution is 5.93. The fraction of sp³-hybridized carbons (Fsp3) is 0.167. The molecule has 0 aliphatic heterocycles. The van der Waals surface area contributed by atoms with Crippen molar-refractivity contribution in [3.8, 4) is 17.4 Å². The average Bonchev–Trinajstić information content (AvgIpc) is 2.59. The van der Waals surface area contributed by atoms with Crippen molar-refractivity contribution in [3.63, 3.8) is 0 Å². The Morgan fingerprint density at radius 1 is 0.909 bits per heavy atom. The fourth-order valence-electron chi connectivity index (χ4n) is 2.33. The van der Waals surface area contributed by atoms with Gasteiger partial charge in [-0.2, -0.15) is 0 Å². The molecule has 1 heterocycles. The van der Waals surface area contributed by atoms with Crippen LogP contribution in [0.3, 0.4) is 0 Å². The smallest absolute Gasteiger partial charge is 0.221 e. The van der Waals surface area contributed by atoms with Crippen molar-refractivity contribution in [2.24, 2.45) is 0 Å². The summed E-state index contributed by atoms with van der Waals surface area (Å²) in [7, 11) is 3.26. The number of fused-ring (bicyclic) bond motifs is 1. The molecule has 2 aromatic carbocycles. The minimum absolute atomic E-state index is 0.465. The van der Waals surface area contributed by atoms with Gasteiger partial charge in [0.2, 0.25) is 5.88 Å². The molecule has 0 radical (unpaired) electrons. The van der Waals surface area contributed by atoms with Gasteiger partial charge in [0.15, 0.2) is 0 Å². The van der Waals surface area contributed by atoms with Crippen LogP contribution in [-0.4, -0.2) is 19.2 Å². The second-order valence-corrected chi connectivity index (χ2v) is 4.82. The van der Waals surface area contributed by atoms with Gasteiger partial charge in [0, 0.05) is 17.6 Å². The Morgan fingerprint density at radius 3 is 2.45 bits per heavy atom. The predicted molar refractivity (Wildman–Crippen MR) is 85.6 cm³/mol. The van der Waals surface area contributed by atoms with E-state index >= 15 is 0 Å². The number of benzene rings is 2. The Balaban J connectivity index is 1.98. The molecule has 0 aliphatic carbocycles. The molecule has 0 aliphatic rings. The van der Waals surface area contributed by atoms with Crippen LogP contribution in [0.2, 0.25) is 0 Å². The van der Waals surface area contributed by atoms with Crippen LogP contribution in [0.1, 0.15) is 5.56 Å². The molecule has 0 fully saturated rings. The van der Waals surface area contributed by atoms with Gasteiger partial charge >= 0.3 is 0 Å². The molecule has 0 bridgehead atoms. The number of rotatable bonds is 5. The number of nitrogens with zero attached hydrogens (tertiary/aromatic N) is 1. The van der Waals surface area contributed by atoms with Crippen molar-refractivity contribution in [2.75, 3.05) is 14.2 Å². The summed E-state index contributed by atoms with van der Waals surface area (Å²) in [5, 5.41) is 1.82. The quantitative estimate of drug-likeness (QED) is 0.717. The van der Waals surface area contributed by atoms with Gasteiger partial charge in [-0.1, -0.05) is 30.3 Å². The van der Waals surface area contributed by atoms with Crippen molar-refractivity contribution in [2.45, 2.75) is 6.61 Å². The van der Waals surface area contributed by atoms with E-state index in [1.165, 1.54) is 0 Å². The molecule has 0 saturated carbocycles. The zero-order valence-electron chi connectivity index (χ0n) is 12.6. The molecule has 1 aromatic heterocycles. The third kappa shape index (κ3) is 2.81. The zero-order chi connectivity index (χ0) is 15.4. The topological polar surface area (TPSA) is 40.6 Å². The lowest BCUT2D eigenvalue weighted by molar-refractivity contribution is 0.298. The van der Waals surface area contributed by atoms with Crippen molar-refractivity contribution in [1.29, 1.82) is 0 Å². The second kappa shape index (κ2) is 6.35. The minimum atomic E-state index is 0.465. The van der Waals surface area contributed by atoms with E-state index in [-0.39, 0.29) is 0 Å². The number of hydrogen-bond donors (Lipinski definition) is 0. The molecule has 0 amide bonds. The maximum atomic E-state index is 5.88. The van der Waals surface area contributed by atoms with E-state index in [1.54, 1.807) is 20.4 Å². The number of pyridine rings is 1. The molecule has 0 N–H and O–H groups in total. The van der Waals surface area contributed by atoms with Crippen molar-refractivity contribution in [3.05, 3.63) is 60.3 Å². The van der Waals surface area contributed by atoms with Crippen LogP contribution in [0.5, 0.6) is 17.4 Å². The maximum absolute atomic E-state index is 5.88. The van der Waals surface area contributed by atoms with E-state index in [1.807, 2.05) is 48.5 Å². The number of methoxy groups -OCH3 is 2. The van der Waals surface area contributed by atoms with Gasteiger partial charge in [-0.3, -0.25) is 0 Å². The Bertz CT molecular complexity index is 772. The molecule has 0 saturated heterocycles. The zero-order valence-corrected chi connectivity index (χ0v) is 12.6. The summed E-state index contributed by atoms with van der Waals surface area (Å²) < 4.78 is 16.6. The average molecular weight is 295 g/mol. The first-order valence-electron chi connectivity index (χ1n) is 6.99. The highest BCUT2D eigenvalue weighted by Crippen LogP contribution is 2.35. The largest absolute Gasteiger partial charge is 0.497 e. The molecule has 4 nitrogen and oxygen atoms in total. The van der Waals surface area contributed by atoms with Gasteiger partial charge in [0.1, 0.15) is 18.1 Å². The van der Waals surface area contributed by atoms with Gasteiger partial charge in [-0.15, -0.1) is 0 Å². The first-order valence-corrected chi connectivity index (χ1v) is 6.99. The fourth-order valence-corrected chi connectivity index (χ4v) is 2.33. The van der Waals surface area contributed by atoms with Crippen LogP contribution in [0.15, 0.2) is 54.7 Å². The van der Waals surface area contributed by atoms with Crippen LogP contribution in [-0.2, 0) is 6.61 Å². The standard InChI is InChI=1S/C18H17NO3/c1-20-14-10-16-15(17(11-14)21-2)8-9-19-18(16)22-12-13-6-4-3-5-7-13/h3-11H,12H2,1-2H3. The molecular formula is C18H17NO3. The molecular weight excluding hydrogens is 278 g/mol. The molecule has 4 heteroatoms. The van der Waals surface area contributed by atoms with Crippen LogP contribution in [0.25, 0.3) is 10.8 Å². The van der Waals surface area contributed by atoms with E-state index in [2.05, 4.69) is 4.98 Å². The first-order chi connectivity index (χ1) is 10.8. The van der Waals surface area contributed by atoms with E-state index in [4.69, 9.17) is 14.2 Å². The molecule has 0 spiro atoms. The highest BCUT2D eigenvalue weighted by Gasteiger charge is 2.11. The van der Waals surface area contributed by atoms with E-state index in [0.717, 1.165) is 22.1 Å². The molecule has 0 atom stereocenters. The Labute approximate surface area is 129 Å². The van der Waals surface area contributed by atoms with Crippen molar-refractivity contribution < 1.29 is 14.2 Å².